The second-order valence-corrected chi connectivity index (χ2v) is 13.9. The molecule has 7 nitrogen and oxygen atoms in total. The maximum absolute atomic E-state index is 15.3. The lowest BCUT2D eigenvalue weighted by atomic mass is 9.97. The molecular weight excluding hydrogens is 649 g/mol. The van der Waals surface area contributed by atoms with Gasteiger partial charge in [0, 0.05) is 20.2 Å². The Labute approximate surface area is 277 Å². The lowest BCUT2D eigenvalue weighted by Crippen LogP contribution is -2.08. The highest BCUT2D eigenvalue weighted by Gasteiger charge is 2.25. The molecule has 3 aromatic heterocycles. The van der Waals surface area contributed by atoms with E-state index in [1.54, 1.807) is 53.0 Å². The third kappa shape index (κ3) is 6.53. The second kappa shape index (κ2) is 13.4. The van der Waals surface area contributed by atoms with E-state index >= 15 is 4.39 Å². The number of fused-ring (bicyclic) bond motifs is 3. The zero-order valence-corrected chi connectivity index (χ0v) is 27.4. The van der Waals surface area contributed by atoms with Gasteiger partial charge < -0.3 is 9.47 Å². The summed E-state index contributed by atoms with van der Waals surface area (Å²) in [4.78, 5) is 13.5. The molecule has 45 heavy (non-hydrogen) atoms. The van der Waals surface area contributed by atoms with E-state index in [0.717, 1.165) is 51.0 Å². The number of hydrogen-bond donors (Lipinski definition) is 0. The van der Waals surface area contributed by atoms with Crippen LogP contribution in [0.25, 0.3) is 15.9 Å². The fourth-order valence-electron chi connectivity index (χ4n) is 5.22. The van der Waals surface area contributed by atoms with Crippen LogP contribution in [0.5, 0.6) is 11.5 Å². The van der Waals surface area contributed by atoms with E-state index in [4.69, 9.17) is 31.0 Å². The third-order valence-corrected chi connectivity index (χ3v) is 10.8. The van der Waals surface area contributed by atoms with E-state index in [1.807, 2.05) is 48.5 Å². The van der Waals surface area contributed by atoms with Gasteiger partial charge in [-0.3, -0.25) is 4.57 Å². The Balaban J connectivity index is 1.26. The minimum atomic E-state index is -0.384. The molecule has 0 bridgehead atoms. The molecule has 0 saturated carbocycles. The van der Waals surface area contributed by atoms with E-state index in [9.17, 15) is 0 Å². The lowest BCUT2D eigenvalue weighted by molar-refractivity contribution is 0.292. The van der Waals surface area contributed by atoms with Gasteiger partial charge in [-0.25, -0.2) is 14.4 Å². The van der Waals surface area contributed by atoms with Gasteiger partial charge in [0.1, 0.15) is 39.6 Å². The molecule has 0 N–H and O–H groups in total. The summed E-state index contributed by atoms with van der Waals surface area (Å²) >= 11 is 10.9. The maximum atomic E-state index is 15.3. The second-order valence-electron chi connectivity index (χ2n) is 10.3. The summed E-state index contributed by atoms with van der Waals surface area (Å²) in [6.45, 7) is 0.0875. The van der Waals surface area contributed by atoms with Crippen molar-refractivity contribution >= 4 is 56.7 Å². The molecule has 0 unspecified atom stereocenters. The number of rotatable bonds is 10. The smallest absolute Gasteiger partial charge is 0.202 e. The number of halogens is 2. The number of methoxy groups -OCH3 is 1. The monoisotopic (exact) mass is 675 g/mol. The molecule has 3 aromatic carbocycles. The first-order valence-corrected chi connectivity index (χ1v) is 17.4. The van der Waals surface area contributed by atoms with Crippen molar-refractivity contribution in [1.29, 1.82) is 0 Å². The standard InChI is InChI=1S/C33H27ClFN5O2S3/c1-41-21-12-14-22(15-13-21)42-18-29-38-39-33(40(29)26-8-4-3-7-25(26)35)45-32-30-24-6-2-5-9-27(24)44-31(30)36-28(37-32)19-43-23-16-10-20(34)11-17-23/h3-4,7-8,10-17H,2,5-6,9,18-19H2,1H3. The SMILES string of the molecule is COc1ccc(OCc2nnc(Sc3nc(CSc4ccc(Cl)cc4)nc4sc5c(c34)CCCC5)n2-c2ccccc2F)cc1. The normalized spacial score (nSPS) is 12.8. The van der Waals surface area contributed by atoms with Crippen molar-refractivity contribution in [2.45, 2.75) is 53.1 Å². The molecule has 7 rings (SSSR count). The van der Waals surface area contributed by atoms with E-state index in [0.29, 0.717) is 33.2 Å². The zero-order chi connectivity index (χ0) is 30.8. The minimum Gasteiger partial charge on any atom is -0.497 e. The van der Waals surface area contributed by atoms with Crippen LogP contribution in [0.1, 0.15) is 34.9 Å². The Morgan fingerprint density at radius 2 is 1.71 bits per heavy atom. The highest BCUT2D eigenvalue weighted by Crippen LogP contribution is 2.42. The molecule has 0 radical (unpaired) electrons. The molecule has 0 atom stereocenters. The number of aryl methyl sites for hydroxylation is 2. The molecule has 3 heterocycles. The van der Waals surface area contributed by atoms with Crippen molar-refractivity contribution in [3.8, 4) is 17.2 Å². The molecule has 1 aliphatic carbocycles. The summed E-state index contributed by atoms with van der Waals surface area (Å²) in [5, 5.41) is 12.1. The molecular formula is C33H27ClFN5O2S3. The molecule has 0 saturated heterocycles. The van der Waals surface area contributed by atoms with Crippen molar-refractivity contribution < 1.29 is 13.9 Å². The quantitative estimate of drug-likeness (QED) is 0.105. The fourth-order valence-corrected chi connectivity index (χ4v) is 8.47. The maximum Gasteiger partial charge on any atom is 0.202 e. The predicted octanol–water partition coefficient (Wildman–Crippen LogP) is 8.97. The van der Waals surface area contributed by atoms with Crippen LogP contribution in [0, 0.1) is 5.82 Å². The first-order chi connectivity index (χ1) is 22.1. The minimum absolute atomic E-state index is 0.0875. The Morgan fingerprint density at radius 1 is 0.933 bits per heavy atom. The first-order valence-electron chi connectivity index (χ1n) is 14.4. The zero-order valence-electron chi connectivity index (χ0n) is 24.2. The van der Waals surface area contributed by atoms with Crippen LogP contribution >= 0.6 is 46.5 Å². The molecule has 0 spiro atoms. The van der Waals surface area contributed by atoms with Crippen LogP contribution in [0.15, 0.2) is 87.9 Å². The fraction of sp³-hybridized carbons (Fsp3) is 0.212. The number of aromatic nitrogens is 5. The number of thiophene rings is 1. The van der Waals surface area contributed by atoms with Gasteiger partial charge in [-0.2, -0.15) is 0 Å². The van der Waals surface area contributed by atoms with Gasteiger partial charge in [-0.1, -0.05) is 23.7 Å². The Bertz CT molecular complexity index is 1960. The van der Waals surface area contributed by atoms with Gasteiger partial charge >= 0.3 is 0 Å². The number of thioether (sulfide) groups is 1. The number of para-hydroxylation sites is 1. The summed E-state index contributed by atoms with van der Waals surface area (Å²) < 4.78 is 28.3. The molecule has 12 heteroatoms. The predicted molar refractivity (Wildman–Crippen MR) is 178 cm³/mol. The van der Waals surface area contributed by atoms with Crippen molar-refractivity contribution in [2.24, 2.45) is 0 Å². The van der Waals surface area contributed by atoms with E-state index in [1.165, 1.54) is 34.7 Å². The first kappa shape index (κ1) is 30.0. The Kier molecular flexibility index (Phi) is 8.93. The highest BCUT2D eigenvalue weighted by atomic mass is 35.5. The summed E-state index contributed by atoms with van der Waals surface area (Å²) in [7, 11) is 1.62. The third-order valence-electron chi connectivity index (χ3n) is 7.42. The highest BCUT2D eigenvalue weighted by molar-refractivity contribution is 7.99. The molecule has 0 aliphatic heterocycles. The van der Waals surface area contributed by atoms with Gasteiger partial charge in [0.05, 0.1) is 18.6 Å². The largest absolute Gasteiger partial charge is 0.497 e. The summed E-state index contributed by atoms with van der Waals surface area (Å²) in [6, 6.07) is 21.7. The van der Waals surface area contributed by atoms with E-state index in [2.05, 4.69) is 10.2 Å². The summed E-state index contributed by atoms with van der Waals surface area (Å²) in [5.41, 5.74) is 1.66. The van der Waals surface area contributed by atoms with Crippen LogP contribution in [-0.2, 0) is 25.2 Å². The molecule has 0 fully saturated rings. The molecule has 0 amide bonds. The van der Waals surface area contributed by atoms with Crippen molar-refractivity contribution in [1.82, 2.24) is 24.7 Å². The van der Waals surface area contributed by atoms with Crippen molar-refractivity contribution in [2.75, 3.05) is 7.11 Å². The number of hydrogen-bond acceptors (Lipinski definition) is 9. The van der Waals surface area contributed by atoms with Gasteiger partial charge in [-0.15, -0.1) is 33.3 Å². The summed E-state index contributed by atoms with van der Waals surface area (Å²) in [5.74, 6) is 2.77. The number of nitrogens with zero attached hydrogens (tertiary/aromatic N) is 5. The van der Waals surface area contributed by atoms with Gasteiger partial charge in [0.15, 0.2) is 5.82 Å². The number of benzene rings is 3. The average Bonchev–Trinajstić information content (AvgIpc) is 3.65. The van der Waals surface area contributed by atoms with Crippen molar-refractivity contribution in [3.63, 3.8) is 0 Å². The average molecular weight is 676 g/mol. The van der Waals surface area contributed by atoms with Crippen LogP contribution in [0.3, 0.4) is 0 Å². The van der Waals surface area contributed by atoms with Crippen LogP contribution in [0.2, 0.25) is 5.02 Å². The Morgan fingerprint density at radius 3 is 2.51 bits per heavy atom. The van der Waals surface area contributed by atoms with Crippen LogP contribution in [0.4, 0.5) is 4.39 Å². The van der Waals surface area contributed by atoms with Crippen LogP contribution < -0.4 is 9.47 Å². The molecule has 1 aliphatic rings. The van der Waals surface area contributed by atoms with E-state index in [-0.39, 0.29) is 12.4 Å². The van der Waals surface area contributed by atoms with Crippen molar-refractivity contribution in [3.05, 3.63) is 106 Å². The lowest BCUT2D eigenvalue weighted by Gasteiger charge is -2.14. The number of ether oxygens (including phenoxy) is 2. The van der Waals surface area contributed by atoms with Gasteiger partial charge in [-0.05, 0) is 104 Å². The molecule has 6 aromatic rings. The van der Waals surface area contributed by atoms with Gasteiger partial charge in [0.25, 0.3) is 0 Å². The topological polar surface area (TPSA) is 75.0 Å². The Hall–Kier alpha value is -3.64. The van der Waals surface area contributed by atoms with Gasteiger partial charge in [0.2, 0.25) is 5.16 Å². The van der Waals surface area contributed by atoms with E-state index < -0.39 is 0 Å². The van der Waals surface area contributed by atoms with Crippen LogP contribution in [-0.4, -0.2) is 31.8 Å². The molecule has 228 valence electrons. The summed E-state index contributed by atoms with van der Waals surface area (Å²) in [6.07, 6.45) is 4.35.